The summed E-state index contributed by atoms with van der Waals surface area (Å²) in [5.41, 5.74) is 1.71. The van der Waals surface area contributed by atoms with E-state index in [-0.39, 0.29) is 0 Å². The molecular formula is C9H14BNO2. The molecule has 0 aliphatic carbocycles. The number of rotatable bonds is 2. The van der Waals surface area contributed by atoms with Crippen LogP contribution < -0.4 is 5.32 Å². The van der Waals surface area contributed by atoms with Crippen molar-refractivity contribution in [3.63, 3.8) is 0 Å². The highest BCUT2D eigenvalue weighted by atomic mass is 16.5. The highest BCUT2D eigenvalue weighted by Gasteiger charge is 2.21. The van der Waals surface area contributed by atoms with Crippen molar-refractivity contribution in [1.29, 1.82) is 0 Å². The average molecular weight is 179 g/mol. The van der Waals surface area contributed by atoms with E-state index in [1.807, 2.05) is 6.92 Å². The fourth-order valence-electron chi connectivity index (χ4n) is 1.17. The van der Waals surface area contributed by atoms with E-state index < -0.39 is 7.12 Å². The van der Waals surface area contributed by atoms with E-state index in [2.05, 4.69) is 11.9 Å². The number of nitrogens with one attached hydrogen (secondary N) is 1. The van der Waals surface area contributed by atoms with Gasteiger partial charge < -0.3 is 15.0 Å². The molecule has 4 heteroatoms. The molecule has 0 amide bonds. The van der Waals surface area contributed by atoms with Crippen molar-refractivity contribution in [3.8, 4) is 0 Å². The monoisotopic (exact) mass is 179 g/mol. The summed E-state index contributed by atoms with van der Waals surface area (Å²) in [5.74, 6) is 0. The summed E-state index contributed by atoms with van der Waals surface area (Å²) < 4.78 is 5.13. The Bertz CT molecular complexity index is 248. The van der Waals surface area contributed by atoms with Gasteiger partial charge in [0.05, 0.1) is 0 Å². The zero-order valence-corrected chi connectivity index (χ0v) is 7.79. The average Bonchev–Trinajstić information content (AvgIpc) is 2.26. The van der Waals surface area contributed by atoms with Crippen LogP contribution in [0.25, 0.3) is 0 Å². The lowest BCUT2D eigenvalue weighted by molar-refractivity contribution is 0.274. The fraction of sp³-hybridized carbons (Fsp3) is 0.333. The highest BCUT2D eigenvalue weighted by Crippen LogP contribution is 2.09. The summed E-state index contributed by atoms with van der Waals surface area (Å²) >= 11 is 0. The van der Waals surface area contributed by atoms with E-state index in [4.69, 9.17) is 4.65 Å². The molecule has 0 bridgehead atoms. The minimum Gasteiger partial charge on any atom is -0.423 e. The number of hydrogen-bond acceptors (Lipinski definition) is 3. The van der Waals surface area contributed by atoms with Crippen LogP contribution in [-0.4, -0.2) is 25.3 Å². The summed E-state index contributed by atoms with van der Waals surface area (Å²) in [6, 6.07) is 0. The van der Waals surface area contributed by atoms with Gasteiger partial charge in [0.2, 0.25) is 0 Å². The topological polar surface area (TPSA) is 41.5 Å². The Labute approximate surface area is 78.9 Å². The Morgan fingerprint density at radius 3 is 3.15 bits per heavy atom. The molecule has 1 aliphatic heterocycles. The van der Waals surface area contributed by atoms with E-state index in [9.17, 15) is 5.02 Å². The van der Waals surface area contributed by atoms with E-state index in [0.717, 1.165) is 17.7 Å². The van der Waals surface area contributed by atoms with Crippen molar-refractivity contribution in [2.24, 2.45) is 0 Å². The first-order chi connectivity index (χ1) is 6.25. The number of allylic oxidation sites excluding steroid dienone is 5. The van der Waals surface area contributed by atoms with Gasteiger partial charge in [-0.05, 0) is 6.92 Å². The third kappa shape index (κ3) is 2.75. The second-order valence-electron chi connectivity index (χ2n) is 2.83. The summed E-state index contributed by atoms with van der Waals surface area (Å²) in [6.07, 6.45) is 5.24. The molecule has 0 aromatic heterocycles. The smallest absolute Gasteiger partial charge is 0.423 e. The first kappa shape index (κ1) is 10.1. The van der Waals surface area contributed by atoms with E-state index in [0.29, 0.717) is 6.61 Å². The summed E-state index contributed by atoms with van der Waals surface area (Å²) in [4.78, 5) is 0. The molecule has 0 fully saturated rings. The van der Waals surface area contributed by atoms with Crippen molar-refractivity contribution >= 4 is 7.12 Å². The van der Waals surface area contributed by atoms with Crippen molar-refractivity contribution in [1.82, 2.24) is 5.32 Å². The lowest BCUT2D eigenvalue weighted by Gasteiger charge is -2.05. The third-order valence-corrected chi connectivity index (χ3v) is 1.88. The maximum absolute atomic E-state index is 9.54. The van der Waals surface area contributed by atoms with Crippen molar-refractivity contribution in [2.75, 3.05) is 13.2 Å². The van der Waals surface area contributed by atoms with Crippen LogP contribution in [0, 0.1) is 0 Å². The van der Waals surface area contributed by atoms with E-state index in [1.165, 1.54) is 0 Å². The minimum atomic E-state index is -0.828. The van der Waals surface area contributed by atoms with Crippen LogP contribution in [0.15, 0.2) is 36.0 Å². The molecule has 0 radical (unpaired) electrons. The Kier molecular flexibility index (Phi) is 3.80. The first-order valence-corrected chi connectivity index (χ1v) is 4.29. The molecule has 0 saturated heterocycles. The van der Waals surface area contributed by atoms with Crippen LogP contribution in [0.2, 0.25) is 0 Å². The van der Waals surface area contributed by atoms with Crippen molar-refractivity contribution in [3.05, 3.63) is 36.0 Å². The quantitative estimate of drug-likeness (QED) is 0.482. The van der Waals surface area contributed by atoms with Crippen molar-refractivity contribution in [2.45, 2.75) is 6.92 Å². The molecule has 0 aromatic carbocycles. The molecule has 13 heavy (non-hydrogen) atoms. The molecule has 1 heterocycles. The molecule has 0 aromatic rings. The Hall–Kier alpha value is -0.995. The Morgan fingerprint density at radius 1 is 1.69 bits per heavy atom. The van der Waals surface area contributed by atoms with Gasteiger partial charge in [0.1, 0.15) is 0 Å². The lowest BCUT2D eigenvalue weighted by Crippen LogP contribution is -2.20. The van der Waals surface area contributed by atoms with Gasteiger partial charge in [-0.3, -0.25) is 0 Å². The normalized spacial score (nSPS) is 18.8. The zero-order chi connectivity index (χ0) is 9.68. The van der Waals surface area contributed by atoms with Crippen molar-refractivity contribution < 1.29 is 9.68 Å². The molecule has 0 unspecified atom stereocenters. The molecule has 3 nitrogen and oxygen atoms in total. The predicted octanol–water partition coefficient (Wildman–Crippen LogP) is 0.642. The second-order valence-corrected chi connectivity index (χ2v) is 2.83. The minimum absolute atomic E-state index is 0.518. The summed E-state index contributed by atoms with van der Waals surface area (Å²) in [5, 5.41) is 12.7. The van der Waals surface area contributed by atoms with Crippen LogP contribution in [0.4, 0.5) is 0 Å². The first-order valence-electron chi connectivity index (χ1n) is 4.29. The maximum atomic E-state index is 9.54. The molecule has 0 atom stereocenters. The van der Waals surface area contributed by atoms with Crippen LogP contribution in [0.5, 0.6) is 0 Å². The van der Waals surface area contributed by atoms with Gasteiger partial charge in [0, 0.05) is 24.3 Å². The van der Waals surface area contributed by atoms with Gasteiger partial charge in [-0.25, -0.2) is 0 Å². The van der Waals surface area contributed by atoms with E-state index >= 15 is 0 Å². The molecule has 1 aliphatic rings. The lowest BCUT2D eigenvalue weighted by atomic mass is 9.77. The molecule has 0 saturated carbocycles. The highest BCUT2D eigenvalue weighted by molar-refractivity contribution is 6.53. The molecule has 1 rings (SSSR count). The fourth-order valence-corrected chi connectivity index (χ4v) is 1.17. The van der Waals surface area contributed by atoms with Gasteiger partial charge in [-0.2, -0.15) is 0 Å². The second kappa shape index (κ2) is 4.89. The number of hydrogen-bond donors (Lipinski definition) is 2. The van der Waals surface area contributed by atoms with Crippen LogP contribution in [-0.2, 0) is 4.65 Å². The summed E-state index contributed by atoms with van der Waals surface area (Å²) in [6.45, 7) is 6.73. The third-order valence-electron chi connectivity index (χ3n) is 1.88. The van der Waals surface area contributed by atoms with Gasteiger partial charge in [-0.1, -0.05) is 24.8 Å². The summed E-state index contributed by atoms with van der Waals surface area (Å²) in [7, 11) is -0.828. The van der Waals surface area contributed by atoms with Gasteiger partial charge >= 0.3 is 7.12 Å². The molecule has 0 spiro atoms. The Balaban J connectivity index is 2.83. The van der Waals surface area contributed by atoms with Gasteiger partial charge in [0.25, 0.3) is 0 Å². The van der Waals surface area contributed by atoms with Crippen LogP contribution in [0.3, 0.4) is 0 Å². The van der Waals surface area contributed by atoms with Gasteiger partial charge in [0.15, 0.2) is 0 Å². The SMILES string of the molecule is C=C/C=C\C1=C(C)NCCOB1O. The van der Waals surface area contributed by atoms with Crippen LogP contribution >= 0.6 is 0 Å². The molecule has 2 N–H and O–H groups in total. The van der Waals surface area contributed by atoms with Gasteiger partial charge in [-0.15, -0.1) is 0 Å². The molecular weight excluding hydrogens is 165 g/mol. The Morgan fingerprint density at radius 2 is 2.46 bits per heavy atom. The maximum Gasteiger partial charge on any atom is 0.492 e. The largest absolute Gasteiger partial charge is 0.492 e. The predicted molar refractivity (Wildman–Crippen MR) is 54.0 cm³/mol. The zero-order valence-electron chi connectivity index (χ0n) is 7.79. The van der Waals surface area contributed by atoms with E-state index in [1.54, 1.807) is 18.2 Å². The standard InChI is InChI=1S/C9H14BNO2/c1-3-4-5-9-8(2)11-6-7-13-10(9)12/h3-5,11-12H,1,6-7H2,2H3/b5-4-. The molecule has 70 valence electrons. The van der Waals surface area contributed by atoms with Crippen LogP contribution in [0.1, 0.15) is 6.92 Å².